The molecule has 8 nitrogen and oxygen atoms in total. The van der Waals surface area contributed by atoms with E-state index in [2.05, 4.69) is 0 Å². The van der Waals surface area contributed by atoms with Crippen LogP contribution in [-0.4, -0.2) is 50.4 Å². The molecule has 7 unspecified atom stereocenters. The van der Waals surface area contributed by atoms with E-state index in [9.17, 15) is 27.9 Å². The predicted octanol–water partition coefficient (Wildman–Crippen LogP) is 2.98. The molecule has 0 heterocycles. The molecule has 9 heteroatoms. The van der Waals surface area contributed by atoms with Crippen molar-refractivity contribution in [2.45, 2.75) is 76.4 Å². The van der Waals surface area contributed by atoms with Gasteiger partial charge < -0.3 is 14.6 Å². The standard InChI is InChI=1S/C26H34O8S/c1-16-4-6-18(7-5-16)35(31,32)33-14-22(30)34-20-12-25(3,15-27)21(29)13-26-10-8-17(2)23(20)24(26)19(28)9-11-26/h4-7,15,17,20-21,23-24,29H,8-14H2,1-3H3. The molecule has 0 spiro atoms. The minimum absolute atomic E-state index is 0.0585. The van der Waals surface area contributed by atoms with Crippen LogP contribution in [0.25, 0.3) is 0 Å². The fourth-order valence-corrected chi connectivity index (χ4v) is 7.41. The Morgan fingerprint density at radius 1 is 1.20 bits per heavy atom. The maximum Gasteiger partial charge on any atom is 0.333 e. The van der Waals surface area contributed by atoms with E-state index in [-0.39, 0.29) is 34.9 Å². The van der Waals surface area contributed by atoms with Crippen LogP contribution < -0.4 is 0 Å². The van der Waals surface area contributed by atoms with Gasteiger partial charge in [-0.1, -0.05) is 31.5 Å². The van der Waals surface area contributed by atoms with E-state index >= 15 is 0 Å². The third-order valence-corrected chi connectivity index (χ3v) is 9.92. The highest BCUT2D eigenvalue weighted by molar-refractivity contribution is 7.86. The minimum atomic E-state index is -4.16. The fraction of sp³-hybridized carbons (Fsp3) is 0.654. The molecule has 0 radical (unpaired) electrons. The monoisotopic (exact) mass is 506 g/mol. The van der Waals surface area contributed by atoms with E-state index in [1.54, 1.807) is 19.1 Å². The summed E-state index contributed by atoms with van der Waals surface area (Å²) in [6.07, 6.45) is 2.04. The highest BCUT2D eigenvalue weighted by Gasteiger charge is 2.61. The molecule has 3 fully saturated rings. The molecular weight excluding hydrogens is 472 g/mol. The molecule has 0 saturated heterocycles. The van der Waals surface area contributed by atoms with Crippen molar-refractivity contribution in [1.29, 1.82) is 0 Å². The van der Waals surface area contributed by atoms with Gasteiger partial charge in [0.25, 0.3) is 10.1 Å². The van der Waals surface area contributed by atoms with Crippen LogP contribution in [0, 0.1) is 35.5 Å². The zero-order valence-electron chi connectivity index (χ0n) is 20.4. The first-order chi connectivity index (χ1) is 16.4. The Bertz CT molecular complexity index is 1100. The zero-order valence-corrected chi connectivity index (χ0v) is 21.3. The molecule has 1 aromatic rings. The molecule has 2 bridgehead atoms. The number of aldehydes is 1. The molecular formula is C26H34O8S. The molecule has 3 saturated carbocycles. The highest BCUT2D eigenvalue weighted by atomic mass is 32.2. The Labute approximate surface area is 206 Å². The lowest BCUT2D eigenvalue weighted by molar-refractivity contribution is -0.176. The van der Waals surface area contributed by atoms with Crippen molar-refractivity contribution in [2.24, 2.45) is 28.6 Å². The third-order valence-electron chi connectivity index (χ3n) is 8.64. The lowest BCUT2D eigenvalue weighted by Gasteiger charge is -2.53. The van der Waals surface area contributed by atoms with Gasteiger partial charge in [-0.25, -0.2) is 4.79 Å². The number of hydrogen-bond donors (Lipinski definition) is 1. The summed E-state index contributed by atoms with van der Waals surface area (Å²) in [5.41, 5.74) is -0.681. The molecule has 7 atom stereocenters. The van der Waals surface area contributed by atoms with Gasteiger partial charge in [-0.15, -0.1) is 0 Å². The molecule has 1 aromatic carbocycles. The number of benzene rings is 1. The van der Waals surface area contributed by atoms with E-state index in [0.717, 1.165) is 18.4 Å². The number of aryl methyl sites for hydroxylation is 1. The number of aliphatic hydroxyl groups is 1. The molecule has 35 heavy (non-hydrogen) atoms. The number of carbonyl (C=O) groups is 3. The van der Waals surface area contributed by atoms with Gasteiger partial charge in [0, 0.05) is 18.3 Å². The SMILES string of the molecule is Cc1ccc(S(=O)(=O)OCC(=O)OC2CC(C)(C=O)C(O)CC34CCC(=O)C3C2C(C)CC4)cc1. The molecule has 0 aromatic heterocycles. The Kier molecular flexibility index (Phi) is 6.98. The average molecular weight is 507 g/mol. The van der Waals surface area contributed by atoms with Gasteiger partial charge in [0.15, 0.2) is 6.61 Å². The van der Waals surface area contributed by atoms with Crippen LogP contribution in [0.4, 0.5) is 0 Å². The summed E-state index contributed by atoms with van der Waals surface area (Å²) in [5, 5.41) is 11.1. The Morgan fingerprint density at radius 3 is 2.54 bits per heavy atom. The lowest BCUT2D eigenvalue weighted by Crippen LogP contribution is -2.55. The Balaban J connectivity index is 1.57. The number of rotatable bonds is 6. The van der Waals surface area contributed by atoms with Crippen molar-refractivity contribution >= 4 is 28.2 Å². The maximum atomic E-state index is 13.0. The van der Waals surface area contributed by atoms with E-state index in [4.69, 9.17) is 8.92 Å². The van der Waals surface area contributed by atoms with Crippen LogP contribution in [0.5, 0.6) is 0 Å². The quantitative estimate of drug-likeness (QED) is 0.355. The van der Waals surface area contributed by atoms with Crippen LogP contribution in [0.3, 0.4) is 0 Å². The van der Waals surface area contributed by atoms with Crippen LogP contribution in [0.2, 0.25) is 0 Å². The van der Waals surface area contributed by atoms with Gasteiger partial charge in [-0.05, 0) is 62.5 Å². The summed E-state index contributed by atoms with van der Waals surface area (Å²) in [6.45, 7) is 4.68. The van der Waals surface area contributed by atoms with Gasteiger partial charge in [0.05, 0.1) is 16.4 Å². The van der Waals surface area contributed by atoms with Gasteiger partial charge in [0.2, 0.25) is 0 Å². The van der Waals surface area contributed by atoms with Crippen molar-refractivity contribution in [3.05, 3.63) is 29.8 Å². The van der Waals surface area contributed by atoms with E-state index in [0.29, 0.717) is 25.5 Å². The van der Waals surface area contributed by atoms with Crippen LogP contribution in [0.15, 0.2) is 29.2 Å². The largest absolute Gasteiger partial charge is 0.460 e. The number of ketones is 1. The summed E-state index contributed by atoms with van der Waals surface area (Å²) in [5.74, 6) is -1.36. The first-order valence-electron chi connectivity index (χ1n) is 12.2. The van der Waals surface area contributed by atoms with Crippen molar-refractivity contribution in [3.63, 3.8) is 0 Å². The molecule has 3 aliphatic rings. The van der Waals surface area contributed by atoms with Crippen molar-refractivity contribution < 1.29 is 36.8 Å². The van der Waals surface area contributed by atoms with Crippen LogP contribution in [-0.2, 0) is 33.4 Å². The average Bonchev–Trinajstić information content (AvgIpc) is 3.13. The molecule has 0 aliphatic heterocycles. The summed E-state index contributed by atoms with van der Waals surface area (Å²) >= 11 is 0. The second kappa shape index (κ2) is 9.41. The predicted molar refractivity (Wildman–Crippen MR) is 126 cm³/mol. The third kappa shape index (κ3) is 4.82. The Morgan fingerprint density at radius 2 is 1.89 bits per heavy atom. The van der Waals surface area contributed by atoms with Crippen molar-refractivity contribution in [3.8, 4) is 0 Å². The van der Waals surface area contributed by atoms with Gasteiger partial charge in [0.1, 0.15) is 18.2 Å². The number of aliphatic hydroxyl groups excluding tert-OH is 1. The van der Waals surface area contributed by atoms with Gasteiger partial charge >= 0.3 is 5.97 Å². The number of Topliss-reactive ketones (excluding diaryl/α,β-unsaturated/α-hetero) is 1. The zero-order chi connectivity index (χ0) is 25.6. The summed E-state index contributed by atoms with van der Waals surface area (Å²) < 4.78 is 35.7. The molecule has 1 N–H and O–H groups in total. The summed E-state index contributed by atoms with van der Waals surface area (Å²) in [7, 11) is -4.16. The number of carbonyl (C=O) groups excluding carboxylic acids is 3. The summed E-state index contributed by atoms with van der Waals surface area (Å²) in [4.78, 5) is 37.9. The number of esters is 1. The molecule has 4 rings (SSSR count). The van der Waals surface area contributed by atoms with Crippen LogP contribution >= 0.6 is 0 Å². The topological polar surface area (TPSA) is 124 Å². The Hall–Kier alpha value is -2.10. The van der Waals surface area contributed by atoms with Crippen molar-refractivity contribution in [1.82, 2.24) is 0 Å². The lowest BCUT2D eigenvalue weighted by atomic mass is 9.52. The van der Waals surface area contributed by atoms with Gasteiger partial charge in [-0.2, -0.15) is 8.42 Å². The molecule has 192 valence electrons. The molecule has 3 aliphatic carbocycles. The normalized spacial score (nSPS) is 37.1. The number of hydrogen-bond acceptors (Lipinski definition) is 8. The van der Waals surface area contributed by atoms with Crippen LogP contribution in [0.1, 0.15) is 57.9 Å². The van der Waals surface area contributed by atoms with Crippen molar-refractivity contribution in [2.75, 3.05) is 6.61 Å². The highest BCUT2D eigenvalue weighted by Crippen LogP contribution is 2.61. The fourth-order valence-electron chi connectivity index (χ4n) is 6.55. The summed E-state index contributed by atoms with van der Waals surface area (Å²) in [6, 6.07) is 6.06. The second-order valence-corrected chi connectivity index (χ2v) is 12.6. The molecule has 0 amide bonds. The first kappa shape index (κ1) is 26.0. The smallest absolute Gasteiger partial charge is 0.333 e. The first-order valence-corrected chi connectivity index (χ1v) is 13.6. The maximum absolute atomic E-state index is 13.0. The second-order valence-electron chi connectivity index (χ2n) is 11.0. The minimum Gasteiger partial charge on any atom is -0.460 e. The van der Waals surface area contributed by atoms with E-state index in [1.165, 1.54) is 12.1 Å². The number of ether oxygens (including phenoxy) is 1. The van der Waals surface area contributed by atoms with E-state index < -0.39 is 45.7 Å². The van der Waals surface area contributed by atoms with E-state index in [1.807, 2.05) is 13.8 Å². The van der Waals surface area contributed by atoms with Gasteiger partial charge in [-0.3, -0.25) is 8.98 Å².